The molecule has 0 aromatic carbocycles. The number of phosphoric ester groups is 1. The fourth-order valence-corrected chi connectivity index (χ4v) is 1.52. The lowest BCUT2D eigenvalue weighted by Gasteiger charge is -2.27. The van der Waals surface area contributed by atoms with Crippen LogP contribution in [0.5, 0.6) is 0 Å². The molecule has 0 bridgehead atoms. The maximum atomic E-state index is 10.7. The molecule has 11 nitrogen and oxygen atoms in total. The summed E-state index contributed by atoms with van der Waals surface area (Å²) < 4.78 is 14.1. The highest BCUT2D eigenvalue weighted by Crippen LogP contribution is 2.40. The zero-order valence-electron chi connectivity index (χ0n) is 8.46. The third-order valence-electron chi connectivity index (χ3n) is 1.69. The third-order valence-corrected chi connectivity index (χ3v) is 2.18. The lowest BCUT2D eigenvalue weighted by atomic mass is 9.93. The molecule has 0 saturated heterocycles. The van der Waals surface area contributed by atoms with Gasteiger partial charge >= 0.3 is 25.7 Å². The maximum Gasteiger partial charge on any atom is 0.470 e. The molecule has 0 heterocycles. The van der Waals surface area contributed by atoms with E-state index in [4.69, 9.17) is 25.1 Å². The van der Waals surface area contributed by atoms with Gasteiger partial charge in [-0.15, -0.1) is 0 Å². The molecule has 104 valence electrons. The Labute approximate surface area is 98.5 Å². The minimum absolute atomic E-state index is 1.63. The molecule has 0 fully saturated rings. The van der Waals surface area contributed by atoms with Crippen molar-refractivity contribution in [2.24, 2.45) is 0 Å². The van der Waals surface area contributed by atoms with Gasteiger partial charge in [0.2, 0.25) is 11.7 Å². The van der Waals surface area contributed by atoms with Gasteiger partial charge in [-0.1, -0.05) is 0 Å². The van der Waals surface area contributed by atoms with E-state index in [1.807, 2.05) is 0 Å². The molecule has 18 heavy (non-hydrogen) atoms. The van der Waals surface area contributed by atoms with Crippen LogP contribution in [0.15, 0.2) is 0 Å². The first-order valence-electron chi connectivity index (χ1n) is 4.04. The Morgan fingerprint density at radius 3 is 1.83 bits per heavy atom. The van der Waals surface area contributed by atoms with Gasteiger partial charge in [-0.2, -0.15) is 0 Å². The van der Waals surface area contributed by atoms with Crippen LogP contribution in [0, 0.1) is 0 Å². The van der Waals surface area contributed by atoms with Crippen LogP contribution in [0.25, 0.3) is 0 Å². The Hall–Kier alpha value is -1.52. The molecule has 0 aliphatic heterocycles. The number of carbonyl (C=O) groups is 3. The molecule has 2 unspecified atom stereocenters. The molecule has 0 radical (unpaired) electrons. The van der Waals surface area contributed by atoms with Gasteiger partial charge in [0.25, 0.3) is 0 Å². The predicted molar refractivity (Wildman–Crippen MR) is 49.4 cm³/mol. The normalized spacial score (nSPS) is 16.6. The Morgan fingerprint density at radius 1 is 1.17 bits per heavy atom. The molecule has 0 rings (SSSR count). The summed E-state index contributed by atoms with van der Waals surface area (Å²) in [6.07, 6.45) is -4.58. The zero-order chi connectivity index (χ0) is 14.7. The number of rotatable bonds is 7. The molecule has 6 N–H and O–H groups in total. The third kappa shape index (κ3) is 4.39. The average molecular weight is 288 g/mol. The van der Waals surface area contributed by atoms with Crippen molar-refractivity contribution in [3.8, 4) is 0 Å². The molecule has 0 amide bonds. The highest BCUT2D eigenvalue weighted by molar-refractivity contribution is 7.46. The maximum absolute atomic E-state index is 10.7. The quantitative estimate of drug-likeness (QED) is 0.279. The van der Waals surface area contributed by atoms with E-state index in [1.54, 1.807) is 0 Å². The summed E-state index contributed by atoms with van der Waals surface area (Å²) in [4.78, 5) is 48.4. The van der Waals surface area contributed by atoms with Gasteiger partial charge in [0.15, 0.2) is 0 Å². The van der Waals surface area contributed by atoms with Crippen LogP contribution in [0.1, 0.15) is 6.42 Å². The van der Waals surface area contributed by atoms with Crippen LogP contribution in [0.2, 0.25) is 0 Å². The van der Waals surface area contributed by atoms with Crippen LogP contribution >= 0.6 is 7.82 Å². The van der Waals surface area contributed by atoms with Gasteiger partial charge < -0.3 is 30.2 Å². The minimum atomic E-state index is -5.45. The Kier molecular flexibility index (Phi) is 4.96. The molecule has 0 aliphatic rings. The van der Waals surface area contributed by atoms with E-state index >= 15 is 0 Å². The Morgan fingerprint density at radius 2 is 1.61 bits per heavy atom. The van der Waals surface area contributed by atoms with Crippen molar-refractivity contribution < 1.29 is 53.7 Å². The van der Waals surface area contributed by atoms with Crippen molar-refractivity contribution in [1.82, 2.24) is 0 Å². The lowest BCUT2D eigenvalue weighted by Crippen LogP contribution is -2.55. The van der Waals surface area contributed by atoms with E-state index in [9.17, 15) is 24.1 Å². The minimum Gasteiger partial charge on any atom is -0.481 e. The van der Waals surface area contributed by atoms with Crippen molar-refractivity contribution >= 4 is 25.7 Å². The summed E-state index contributed by atoms with van der Waals surface area (Å²) in [5.41, 5.74) is -3.53. The highest BCUT2D eigenvalue weighted by Gasteiger charge is 2.53. The smallest absolute Gasteiger partial charge is 0.470 e. The second kappa shape index (κ2) is 5.42. The predicted octanol–water partition coefficient (Wildman–Crippen LogP) is -2.16. The summed E-state index contributed by atoms with van der Waals surface area (Å²) >= 11 is 0. The number of aliphatic carboxylic acids is 3. The van der Waals surface area contributed by atoms with Gasteiger partial charge in [0, 0.05) is 0 Å². The number of hydrogen-bond acceptors (Lipinski definition) is 6. The number of hydrogen-bond donors (Lipinski definition) is 6. The summed E-state index contributed by atoms with van der Waals surface area (Å²) in [5, 5.41) is 34.9. The fourth-order valence-electron chi connectivity index (χ4n) is 0.985. The SMILES string of the molecule is O=C(O)CC(O)(C(=O)O)C(OP(=O)(O)O)C(=O)O. The summed E-state index contributed by atoms with van der Waals surface area (Å²) in [7, 11) is -5.45. The van der Waals surface area contributed by atoms with Crippen molar-refractivity contribution in [2.45, 2.75) is 18.1 Å². The van der Waals surface area contributed by atoms with E-state index in [0.29, 0.717) is 0 Å². The van der Waals surface area contributed by atoms with Crippen LogP contribution in [-0.2, 0) is 23.5 Å². The topological polar surface area (TPSA) is 199 Å². The molecule has 12 heteroatoms. The zero-order valence-corrected chi connectivity index (χ0v) is 9.35. The van der Waals surface area contributed by atoms with Gasteiger partial charge in [-0.05, 0) is 0 Å². The van der Waals surface area contributed by atoms with Gasteiger partial charge in [0.05, 0.1) is 6.42 Å². The average Bonchev–Trinajstić information content (AvgIpc) is 2.10. The van der Waals surface area contributed by atoms with E-state index in [-0.39, 0.29) is 0 Å². The van der Waals surface area contributed by atoms with E-state index in [0.717, 1.165) is 0 Å². The van der Waals surface area contributed by atoms with Gasteiger partial charge in [0.1, 0.15) is 0 Å². The summed E-state index contributed by atoms with van der Waals surface area (Å²) in [5.74, 6) is -6.46. The number of carboxylic acid groups (broad SMARTS) is 3. The van der Waals surface area contributed by atoms with Crippen LogP contribution in [0.4, 0.5) is 0 Å². The largest absolute Gasteiger partial charge is 0.481 e. The number of aliphatic hydroxyl groups is 1. The highest BCUT2D eigenvalue weighted by atomic mass is 31.2. The molecule has 0 aromatic heterocycles. The second-order valence-electron chi connectivity index (χ2n) is 3.11. The van der Waals surface area contributed by atoms with Crippen molar-refractivity contribution in [3.63, 3.8) is 0 Å². The monoisotopic (exact) mass is 288 g/mol. The van der Waals surface area contributed by atoms with E-state index < -0.39 is 43.9 Å². The van der Waals surface area contributed by atoms with Gasteiger partial charge in [-0.3, -0.25) is 9.32 Å². The number of carboxylic acids is 3. The van der Waals surface area contributed by atoms with Crippen LogP contribution in [-0.4, -0.2) is 59.8 Å². The first-order valence-corrected chi connectivity index (χ1v) is 5.57. The van der Waals surface area contributed by atoms with E-state index in [1.165, 1.54) is 0 Å². The molecule has 0 aromatic rings. The van der Waals surface area contributed by atoms with Crippen molar-refractivity contribution in [3.05, 3.63) is 0 Å². The standard InChI is InChI=1S/C6H9O11P/c7-2(8)1-6(13,5(11)12)3(4(9)10)17-18(14,15)16/h3,13H,1H2,(H,7,8)(H,9,10)(H,11,12)(H2,14,15,16). The summed E-state index contributed by atoms with van der Waals surface area (Å²) in [6, 6.07) is 0. The van der Waals surface area contributed by atoms with Crippen molar-refractivity contribution in [1.29, 1.82) is 0 Å². The molecule has 0 aliphatic carbocycles. The first kappa shape index (κ1) is 16.5. The fraction of sp³-hybridized carbons (Fsp3) is 0.500. The van der Waals surface area contributed by atoms with Gasteiger partial charge in [-0.25, -0.2) is 14.2 Å². The molecule has 0 spiro atoms. The first-order chi connectivity index (χ1) is 7.90. The van der Waals surface area contributed by atoms with Crippen molar-refractivity contribution in [2.75, 3.05) is 0 Å². The van der Waals surface area contributed by atoms with E-state index in [2.05, 4.69) is 4.52 Å². The Bertz CT molecular complexity index is 410. The lowest BCUT2D eigenvalue weighted by molar-refractivity contribution is -0.186. The second-order valence-corrected chi connectivity index (χ2v) is 4.31. The molecule has 2 atom stereocenters. The van der Waals surface area contributed by atoms with Crippen LogP contribution < -0.4 is 0 Å². The number of phosphoric acid groups is 1. The molecular weight excluding hydrogens is 279 g/mol. The molecule has 0 saturated carbocycles. The summed E-state index contributed by atoms with van der Waals surface area (Å²) in [6.45, 7) is 0. The Balaban J connectivity index is 5.51. The molecular formula is C6H9O11P. The van der Waals surface area contributed by atoms with Crippen LogP contribution in [0.3, 0.4) is 0 Å².